The number of fused-ring (bicyclic) bond motifs is 2. The highest BCUT2D eigenvalue weighted by Gasteiger charge is 2.32. The van der Waals surface area contributed by atoms with Gasteiger partial charge in [0.1, 0.15) is 12.6 Å². The van der Waals surface area contributed by atoms with E-state index in [0.717, 1.165) is 22.2 Å². The second-order valence-electron chi connectivity index (χ2n) is 7.94. The average Bonchev–Trinajstić information content (AvgIpc) is 3.25. The van der Waals surface area contributed by atoms with Crippen LogP contribution in [0.3, 0.4) is 0 Å². The van der Waals surface area contributed by atoms with Crippen LogP contribution in [0.2, 0.25) is 0 Å². The molecule has 4 aromatic rings. The van der Waals surface area contributed by atoms with Crippen molar-refractivity contribution < 1.29 is 14.3 Å². The van der Waals surface area contributed by atoms with Crippen LogP contribution in [0.1, 0.15) is 21.7 Å². The minimum atomic E-state index is -0.910. The second-order valence-corrected chi connectivity index (χ2v) is 7.94. The van der Waals surface area contributed by atoms with E-state index in [9.17, 15) is 9.59 Å². The Morgan fingerprint density at radius 3 is 2.88 bits per heavy atom. The number of imidazole rings is 1. The van der Waals surface area contributed by atoms with Gasteiger partial charge >= 0.3 is 0 Å². The molecule has 0 saturated heterocycles. The maximum absolute atomic E-state index is 13.0. The highest BCUT2D eigenvalue weighted by molar-refractivity contribution is 6.01. The van der Waals surface area contributed by atoms with Gasteiger partial charge in [0.25, 0.3) is 11.8 Å². The van der Waals surface area contributed by atoms with Gasteiger partial charge in [-0.15, -0.1) is 0 Å². The highest BCUT2D eigenvalue weighted by atomic mass is 16.5. The molecule has 5 heterocycles. The van der Waals surface area contributed by atoms with E-state index in [1.807, 2.05) is 42.6 Å². The highest BCUT2D eigenvalue weighted by Crippen LogP contribution is 2.29. The van der Waals surface area contributed by atoms with Gasteiger partial charge in [-0.25, -0.2) is 19.9 Å². The zero-order chi connectivity index (χ0) is 23.1. The lowest BCUT2D eigenvalue weighted by molar-refractivity contribution is -0.120. The number of nitrogens with zero attached hydrogens (tertiary/aromatic N) is 6. The molecule has 4 aromatic heterocycles. The number of hydrogen-bond donors (Lipinski definition) is 1. The van der Waals surface area contributed by atoms with E-state index >= 15 is 0 Å². The fraction of sp³-hybridized carbons (Fsp3) is 0.217. The van der Waals surface area contributed by atoms with E-state index in [1.165, 1.54) is 4.90 Å². The Labute approximate surface area is 189 Å². The molecule has 0 aromatic carbocycles. The van der Waals surface area contributed by atoms with Crippen LogP contribution < -0.4 is 15.0 Å². The Kier molecular flexibility index (Phi) is 4.97. The predicted molar refractivity (Wildman–Crippen MR) is 120 cm³/mol. The van der Waals surface area contributed by atoms with Crippen molar-refractivity contribution in [2.75, 3.05) is 18.6 Å². The Morgan fingerprint density at radius 1 is 1.18 bits per heavy atom. The normalized spacial score (nSPS) is 15.7. The van der Waals surface area contributed by atoms with Crippen molar-refractivity contribution in [3.63, 3.8) is 0 Å². The zero-order valence-electron chi connectivity index (χ0n) is 18.3. The Morgan fingerprint density at radius 2 is 2.03 bits per heavy atom. The number of rotatable bonds is 3. The van der Waals surface area contributed by atoms with Gasteiger partial charge in [0, 0.05) is 31.2 Å². The zero-order valence-corrected chi connectivity index (χ0v) is 18.3. The fourth-order valence-electron chi connectivity index (χ4n) is 3.71. The van der Waals surface area contributed by atoms with E-state index in [1.54, 1.807) is 32.0 Å². The molecule has 0 unspecified atom stereocenters. The lowest BCUT2D eigenvalue weighted by Crippen LogP contribution is -2.49. The van der Waals surface area contributed by atoms with Crippen LogP contribution in [0.15, 0.2) is 49.3 Å². The third-order valence-corrected chi connectivity index (χ3v) is 5.48. The molecule has 5 rings (SSSR count). The summed E-state index contributed by atoms with van der Waals surface area (Å²) in [4.78, 5) is 44.4. The minimum absolute atomic E-state index is 0.0247. The lowest BCUT2D eigenvalue weighted by atomic mass is 10.1. The number of pyridine rings is 2. The predicted octanol–water partition coefficient (Wildman–Crippen LogP) is 1.96. The molecule has 10 heteroatoms. The minimum Gasteiger partial charge on any atom is -0.487 e. The number of likely N-dealkylation sites (N-methyl/N-ethyl adjacent to an activating group) is 1. The van der Waals surface area contributed by atoms with Crippen LogP contribution >= 0.6 is 0 Å². The summed E-state index contributed by atoms with van der Waals surface area (Å²) in [6.07, 6.45) is 8.60. The molecule has 0 bridgehead atoms. The maximum atomic E-state index is 13.0. The third kappa shape index (κ3) is 3.75. The molecule has 1 N–H and O–H groups in total. The largest absolute Gasteiger partial charge is 0.487 e. The summed E-state index contributed by atoms with van der Waals surface area (Å²) in [5.74, 6) is -0.0354. The SMILES string of the molecule is Cc1cnc2c(c1)OC[C@H](NC(=O)c1ncc(C)c(-c3ccc4cncn4c3)n1)C(=O)N2C. The van der Waals surface area contributed by atoms with E-state index in [4.69, 9.17) is 4.74 Å². The number of nitrogens with one attached hydrogen (secondary N) is 1. The summed E-state index contributed by atoms with van der Waals surface area (Å²) in [5, 5.41) is 2.71. The van der Waals surface area contributed by atoms with Gasteiger partial charge in [0.15, 0.2) is 11.6 Å². The molecule has 0 saturated carbocycles. The summed E-state index contributed by atoms with van der Waals surface area (Å²) < 4.78 is 7.65. The molecule has 1 aliphatic rings. The third-order valence-electron chi connectivity index (χ3n) is 5.48. The van der Waals surface area contributed by atoms with E-state index in [0.29, 0.717) is 17.3 Å². The summed E-state index contributed by atoms with van der Waals surface area (Å²) in [6.45, 7) is 3.74. The van der Waals surface area contributed by atoms with Gasteiger partial charge in [0.05, 0.1) is 23.7 Å². The van der Waals surface area contributed by atoms with Gasteiger partial charge in [0.2, 0.25) is 5.82 Å². The molecular weight excluding hydrogens is 422 g/mol. The number of hydrogen-bond acceptors (Lipinski definition) is 7. The van der Waals surface area contributed by atoms with Gasteiger partial charge in [-0.3, -0.25) is 14.5 Å². The maximum Gasteiger partial charge on any atom is 0.289 e. The molecule has 0 spiro atoms. The summed E-state index contributed by atoms with van der Waals surface area (Å²) in [5.41, 5.74) is 4.12. The van der Waals surface area contributed by atoms with Crippen molar-refractivity contribution in [1.29, 1.82) is 0 Å². The van der Waals surface area contributed by atoms with Crippen LogP contribution in [-0.4, -0.2) is 55.8 Å². The van der Waals surface area contributed by atoms with E-state index < -0.39 is 11.9 Å². The lowest BCUT2D eigenvalue weighted by Gasteiger charge is -2.19. The van der Waals surface area contributed by atoms with Crippen LogP contribution in [-0.2, 0) is 4.79 Å². The molecule has 1 atom stereocenters. The Balaban J connectivity index is 1.40. The van der Waals surface area contributed by atoms with Gasteiger partial charge in [-0.05, 0) is 43.2 Å². The number of anilines is 1. The van der Waals surface area contributed by atoms with Crippen molar-refractivity contribution in [2.24, 2.45) is 0 Å². The number of carbonyl (C=O) groups is 2. The Hall–Kier alpha value is -4.34. The van der Waals surface area contributed by atoms with Crippen molar-refractivity contribution in [3.8, 4) is 17.0 Å². The van der Waals surface area contributed by atoms with E-state index in [2.05, 4.69) is 25.3 Å². The summed E-state index contributed by atoms with van der Waals surface area (Å²) >= 11 is 0. The van der Waals surface area contributed by atoms with Crippen molar-refractivity contribution in [2.45, 2.75) is 19.9 Å². The molecule has 1 aliphatic heterocycles. The van der Waals surface area contributed by atoms with Gasteiger partial charge in [-0.1, -0.05) is 0 Å². The Bertz CT molecular complexity index is 1400. The standard InChI is InChI=1S/C23H21N7O3/c1-13-6-18-21(26-7-13)29(3)23(32)17(11-33-18)27-22(31)20-25-8-14(2)19(28-20)15-4-5-16-9-24-12-30(16)10-15/h4-10,12,17H,11H2,1-3H3,(H,27,31)/t17-/m0/s1. The molecule has 33 heavy (non-hydrogen) atoms. The number of aryl methyl sites for hydroxylation is 2. The second kappa shape index (κ2) is 7.97. The topological polar surface area (TPSA) is 115 Å². The molecular formula is C23H21N7O3. The summed E-state index contributed by atoms with van der Waals surface area (Å²) in [7, 11) is 1.60. The molecule has 0 fully saturated rings. The first-order valence-electron chi connectivity index (χ1n) is 10.3. The number of aromatic nitrogens is 5. The first-order chi connectivity index (χ1) is 15.9. The van der Waals surface area contributed by atoms with Crippen molar-refractivity contribution >= 4 is 23.1 Å². The van der Waals surface area contributed by atoms with Crippen LogP contribution in [0.4, 0.5) is 5.82 Å². The number of amides is 2. The molecule has 10 nitrogen and oxygen atoms in total. The van der Waals surface area contributed by atoms with Gasteiger partial charge < -0.3 is 14.5 Å². The first kappa shape index (κ1) is 20.6. The van der Waals surface area contributed by atoms with Crippen LogP contribution in [0, 0.1) is 13.8 Å². The van der Waals surface area contributed by atoms with Crippen molar-refractivity contribution in [3.05, 3.63) is 66.3 Å². The molecule has 0 aliphatic carbocycles. The average molecular weight is 443 g/mol. The van der Waals surface area contributed by atoms with Crippen LogP contribution in [0.5, 0.6) is 5.75 Å². The van der Waals surface area contributed by atoms with Gasteiger partial charge in [-0.2, -0.15) is 0 Å². The first-order valence-corrected chi connectivity index (χ1v) is 10.3. The summed E-state index contributed by atoms with van der Waals surface area (Å²) in [6, 6.07) is 4.74. The van der Waals surface area contributed by atoms with Crippen molar-refractivity contribution in [1.82, 2.24) is 29.7 Å². The monoisotopic (exact) mass is 443 g/mol. The number of ether oxygens (including phenoxy) is 1. The van der Waals surface area contributed by atoms with E-state index in [-0.39, 0.29) is 18.3 Å². The van der Waals surface area contributed by atoms with Crippen LogP contribution in [0.25, 0.3) is 16.8 Å². The molecule has 166 valence electrons. The molecule has 0 radical (unpaired) electrons. The quantitative estimate of drug-likeness (QED) is 0.515. The smallest absolute Gasteiger partial charge is 0.289 e. The molecule has 2 amide bonds. The number of carbonyl (C=O) groups excluding carboxylic acids is 2. The fourth-order valence-corrected chi connectivity index (χ4v) is 3.71.